The van der Waals surface area contributed by atoms with Gasteiger partial charge in [0.2, 0.25) is 15.9 Å². The van der Waals surface area contributed by atoms with Gasteiger partial charge in [-0.1, -0.05) is 35.5 Å². The van der Waals surface area contributed by atoms with Crippen LogP contribution in [0.3, 0.4) is 0 Å². The predicted molar refractivity (Wildman–Crippen MR) is 112 cm³/mol. The molecule has 0 N–H and O–H groups in total. The normalized spacial score (nSPS) is 19.9. The zero-order chi connectivity index (χ0) is 21.3. The van der Waals surface area contributed by atoms with E-state index in [1.807, 2.05) is 11.0 Å². The molecule has 3 heterocycles. The number of nitrogens with zero attached hydrogens (tertiary/aromatic N) is 3. The van der Waals surface area contributed by atoms with Crippen LogP contribution in [0.2, 0.25) is 0 Å². The molecule has 4 rings (SSSR count). The highest BCUT2D eigenvalue weighted by Gasteiger charge is 2.37. The standard InChI is InChI=1S/C22H29N3O4S/c1-16-21(17(2)29-23-16)30(27,28)25-14-10-20(11-15-25)22(26)24-12-8-19(9-13-24)18-6-4-3-5-7-18/h3-7,19-20H,8-15H2,1-2H3. The van der Waals surface area contributed by atoms with Crippen LogP contribution < -0.4 is 0 Å². The number of carbonyl (C=O) groups is 1. The van der Waals surface area contributed by atoms with E-state index in [1.165, 1.54) is 9.87 Å². The van der Waals surface area contributed by atoms with Crippen LogP contribution in [0.25, 0.3) is 0 Å². The largest absolute Gasteiger partial charge is 0.360 e. The highest BCUT2D eigenvalue weighted by Crippen LogP contribution is 2.31. The minimum absolute atomic E-state index is 0.102. The highest BCUT2D eigenvalue weighted by molar-refractivity contribution is 7.89. The highest BCUT2D eigenvalue weighted by atomic mass is 32.2. The number of hydrogen-bond acceptors (Lipinski definition) is 5. The Labute approximate surface area is 178 Å². The Morgan fingerprint density at radius 1 is 1.00 bits per heavy atom. The zero-order valence-corrected chi connectivity index (χ0v) is 18.4. The van der Waals surface area contributed by atoms with Gasteiger partial charge >= 0.3 is 0 Å². The third-order valence-electron chi connectivity index (χ3n) is 6.45. The number of hydrogen-bond donors (Lipinski definition) is 0. The summed E-state index contributed by atoms with van der Waals surface area (Å²) in [6.07, 6.45) is 3.07. The molecule has 0 saturated carbocycles. The summed E-state index contributed by atoms with van der Waals surface area (Å²) < 4.78 is 32.4. The molecule has 162 valence electrons. The van der Waals surface area contributed by atoms with E-state index in [9.17, 15) is 13.2 Å². The van der Waals surface area contributed by atoms with E-state index in [4.69, 9.17) is 4.52 Å². The molecule has 8 heteroatoms. The predicted octanol–water partition coefficient (Wildman–Crippen LogP) is 3.10. The first-order valence-corrected chi connectivity index (χ1v) is 12.1. The summed E-state index contributed by atoms with van der Waals surface area (Å²) in [6, 6.07) is 10.5. The maximum absolute atomic E-state index is 13.0. The molecule has 1 aromatic heterocycles. The molecule has 2 aromatic rings. The van der Waals surface area contributed by atoms with Gasteiger partial charge in [0.25, 0.3) is 0 Å². The molecule has 0 aliphatic carbocycles. The van der Waals surface area contributed by atoms with Gasteiger partial charge < -0.3 is 9.42 Å². The molecular weight excluding hydrogens is 402 g/mol. The number of aryl methyl sites for hydroxylation is 2. The van der Waals surface area contributed by atoms with Crippen LogP contribution in [0.4, 0.5) is 0 Å². The fraction of sp³-hybridized carbons (Fsp3) is 0.545. The molecule has 2 aliphatic heterocycles. The molecule has 2 saturated heterocycles. The van der Waals surface area contributed by atoms with Gasteiger partial charge in [0.1, 0.15) is 10.6 Å². The van der Waals surface area contributed by atoms with Crippen molar-refractivity contribution in [2.24, 2.45) is 5.92 Å². The average molecular weight is 432 g/mol. The molecule has 0 spiro atoms. The second-order valence-electron chi connectivity index (χ2n) is 8.34. The number of benzene rings is 1. The van der Waals surface area contributed by atoms with Crippen molar-refractivity contribution in [2.75, 3.05) is 26.2 Å². The lowest BCUT2D eigenvalue weighted by Crippen LogP contribution is -2.46. The van der Waals surface area contributed by atoms with Crippen LogP contribution in [-0.2, 0) is 14.8 Å². The molecule has 0 bridgehead atoms. The fourth-order valence-corrected chi connectivity index (χ4v) is 6.49. The average Bonchev–Trinajstić information content (AvgIpc) is 3.13. The van der Waals surface area contributed by atoms with Crippen LogP contribution in [0.5, 0.6) is 0 Å². The summed E-state index contributed by atoms with van der Waals surface area (Å²) in [6.45, 7) is 5.50. The van der Waals surface area contributed by atoms with Crippen LogP contribution in [0.15, 0.2) is 39.8 Å². The number of likely N-dealkylation sites (tertiary alicyclic amines) is 1. The molecule has 2 fully saturated rings. The number of amides is 1. The van der Waals surface area contributed by atoms with Crippen molar-refractivity contribution in [2.45, 2.75) is 50.3 Å². The van der Waals surface area contributed by atoms with Crippen LogP contribution in [-0.4, -0.2) is 54.9 Å². The third kappa shape index (κ3) is 4.03. The molecule has 2 aliphatic rings. The van der Waals surface area contributed by atoms with Gasteiger partial charge in [-0.3, -0.25) is 4.79 Å². The summed E-state index contributed by atoms with van der Waals surface area (Å²) in [5.74, 6) is 0.898. The Kier molecular flexibility index (Phi) is 5.97. The summed E-state index contributed by atoms with van der Waals surface area (Å²) in [5, 5.41) is 3.77. The molecule has 0 atom stereocenters. The van der Waals surface area contributed by atoms with E-state index in [-0.39, 0.29) is 16.7 Å². The Hall–Kier alpha value is -2.19. The molecule has 1 aromatic carbocycles. The summed E-state index contributed by atoms with van der Waals surface area (Å²) in [7, 11) is -3.64. The number of aromatic nitrogens is 1. The molecule has 0 radical (unpaired) electrons. The van der Waals surface area contributed by atoms with Crippen molar-refractivity contribution in [3.8, 4) is 0 Å². The van der Waals surface area contributed by atoms with Crippen molar-refractivity contribution < 1.29 is 17.7 Å². The first-order chi connectivity index (χ1) is 14.4. The van der Waals surface area contributed by atoms with Crippen molar-refractivity contribution in [3.63, 3.8) is 0 Å². The van der Waals surface area contributed by atoms with Crippen LogP contribution >= 0.6 is 0 Å². The maximum atomic E-state index is 13.0. The SMILES string of the molecule is Cc1noc(C)c1S(=O)(=O)N1CCC(C(=O)N2CCC(c3ccccc3)CC2)CC1. The lowest BCUT2D eigenvalue weighted by molar-refractivity contribution is -0.137. The van der Waals surface area contributed by atoms with Crippen molar-refractivity contribution >= 4 is 15.9 Å². The number of piperidine rings is 2. The molecule has 1 amide bonds. The Morgan fingerprint density at radius 3 is 2.20 bits per heavy atom. The Balaban J connectivity index is 1.33. The Bertz CT molecular complexity index is 967. The lowest BCUT2D eigenvalue weighted by atomic mass is 9.88. The van der Waals surface area contributed by atoms with Gasteiger partial charge in [-0.15, -0.1) is 0 Å². The first-order valence-electron chi connectivity index (χ1n) is 10.6. The number of rotatable bonds is 4. The minimum Gasteiger partial charge on any atom is -0.360 e. The minimum atomic E-state index is -3.64. The summed E-state index contributed by atoms with van der Waals surface area (Å²) >= 11 is 0. The van der Waals surface area contributed by atoms with Gasteiger partial charge in [-0.2, -0.15) is 4.31 Å². The molecule has 7 nitrogen and oxygen atoms in total. The zero-order valence-electron chi connectivity index (χ0n) is 17.6. The maximum Gasteiger partial charge on any atom is 0.248 e. The van der Waals surface area contributed by atoms with Crippen molar-refractivity contribution in [3.05, 3.63) is 47.3 Å². The van der Waals surface area contributed by atoms with E-state index < -0.39 is 10.0 Å². The summed E-state index contributed by atoms with van der Waals surface area (Å²) in [4.78, 5) is 15.2. The van der Waals surface area contributed by atoms with Gasteiger partial charge in [-0.05, 0) is 51.0 Å². The van der Waals surface area contributed by atoms with Crippen molar-refractivity contribution in [1.82, 2.24) is 14.4 Å². The Morgan fingerprint density at radius 2 is 1.63 bits per heavy atom. The van der Waals surface area contributed by atoms with Crippen LogP contribution in [0, 0.1) is 19.8 Å². The molecule has 0 unspecified atom stereocenters. The smallest absolute Gasteiger partial charge is 0.248 e. The van der Waals surface area contributed by atoms with E-state index in [0.717, 1.165) is 25.9 Å². The third-order valence-corrected chi connectivity index (χ3v) is 8.59. The fourth-order valence-electron chi connectivity index (χ4n) is 4.73. The molecular formula is C22H29N3O4S. The monoisotopic (exact) mass is 431 g/mol. The van der Waals surface area contributed by atoms with Gasteiger partial charge in [-0.25, -0.2) is 8.42 Å². The van der Waals surface area contributed by atoms with Gasteiger partial charge in [0.05, 0.1) is 0 Å². The second kappa shape index (κ2) is 8.51. The van der Waals surface area contributed by atoms with Crippen LogP contribution in [0.1, 0.15) is 48.6 Å². The number of carbonyl (C=O) groups excluding carboxylic acids is 1. The van der Waals surface area contributed by atoms with E-state index in [2.05, 4.69) is 29.4 Å². The number of sulfonamides is 1. The summed E-state index contributed by atoms with van der Waals surface area (Å²) in [5.41, 5.74) is 1.73. The topological polar surface area (TPSA) is 83.7 Å². The van der Waals surface area contributed by atoms with Gasteiger partial charge in [0, 0.05) is 32.1 Å². The molecule has 30 heavy (non-hydrogen) atoms. The first kappa shape index (κ1) is 21.1. The second-order valence-corrected chi connectivity index (χ2v) is 10.2. The lowest BCUT2D eigenvalue weighted by Gasteiger charge is -2.37. The van der Waals surface area contributed by atoms with E-state index >= 15 is 0 Å². The van der Waals surface area contributed by atoms with E-state index in [1.54, 1.807) is 13.8 Å². The van der Waals surface area contributed by atoms with Gasteiger partial charge in [0.15, 0.2) is 5.76 Å². The van der Waals surface area contributed by atoms with Crippen molar-refractivity contribution in [1.29, 1.82) is 0 Å². The van der Waals surface area contributed by atoms with E-state index in [0.29, 0.717) is 43.3 Å². The quantitative estimate of drug-likeness (QED) is 0.743.